The quantitative estimate of drug-likeness (QED) is 0.626. The average Bonchev–Trinajstić information content (AvgIpc) is 2.74. The Morgan fingerprint density at radius 2 is 2.06 bits per heavy atom. The molecule has 4 heteroatoms. The maximum Gasteiger partial charge on any atom is 0.346 e. The number of nitrogens with zero attached hydrogens (tertiary/aromatic N) is 1. The van der Waals surface area contributed by atoms with E-state index in [-0.39, 0.29) is 5.63 Å². The second kappa shape index (κ2) is 4.07. The fourth-order valence-corrected chi connectivity index (χ4v) is 2.65. The fourth-order valence-electron chi connectivity index (χ4n) is 1.85. The summed E-state index contributed by atoms with van der Waals surface area (Å²) < 4.78 is 5.35. The molecule has 1 aromatic carbocycles. The lowest BCUT2D eigenvalue weighted by Gasteiger charge is -2.00. The van der Waals surface area contributed by atoms with Gasteiger partial charge in [-0.25, -0.2) is 9.78 Å². The van der Waals surface area contributed by atoms with Gasteiger partial charge in [0.25, 0.3) is 0 Å². The molecule has 0 aliphatic heterocycles. The van der Waals surface area contributed by atoms with Gasteiger partial charge in [-0.05, 0) is 31.5 Å². The molecule has 0 bridgehead atoms. The number of thiazole rings is 1. The molecule has 2 heterocycles. The molecule has 0 amide bonds. The van der Waals surface area contributed by atoms with Gasteiger partial charge in [-0.1, -0.05) is 12.1 Å². The molecule has 3 rings (SSSR count). The van der Waals surface area contributed by atoms with Crippen molar-refractivity contribution >= 4 is 22.3 Å². The highest BCUT2D eigenvalue weighted by molar-refractivity contribution is 7.13. The summed E-state index contributed by atoms with van der Waals surface area (Å²) in [7, 11) is 0. The fraction of sp³-hybridized carbons (Fsp3) is 0.143. The SMILES string of the molecule is Cc1ccc2cc(-c3nc(C)cs3)c(=O)oc2c1. The summed E-state index contributed by atoms with van der Waals surface area (Å²) in [6, 6.07) is 7.67. The molecule has 90 valence electrons. The lowest BCUT2D eigenvalue weighted by Crippen LogP contribution is -2.02. The molecule has 0 unspecified atom stereocenters. The van der Waals surface area contributed by atoms with Gasteiger partial charge >= 0.3 is 5.63 Å². The van der Waals surface area contributed by atoms with E-state index in [0.29, 0.717) is 16.2 Å². The third-order valence-corrected chi connectivity index (χ3v) is 3.73. The first-order valence-corrected chi connectivity index (χ1v) is 6.48. The summed E-state index contributed by atoms with van der Waals surface area (Å²) in [5.74, 6) is 0. The summed E-state index contributed by atoms with van der Waals surface area (Å²) in [6.45, 7) is 3.88. The van der Waals surface area contributed by atoms with Crippen LogP contribution in [0.3, 0.4) is 0 Å². The summed E-state index contributed by atoms with van der Waals surface area (Å²) >= 11 is 1.46. The number of fused-ring (bicyclic) bond motifs is 1. The van der Waals surface area contributed by atoms with Gasteiger partial charge in [-0.15, -0.1) is 11.3 Å². The minimum absolute atomic E-state index is 0.331. The molecule has 0 aliphatic rings. The molecule has 2 aromatic heterocycles. The monoisotopic (exact) mass is 257 g/mol. The second-order valence-corrected chi connectivity index (χ2v) is 5.14. The Bertz CT molecular complexity index is 786. The van der Waals surface area contributed by atoms with E-state index in [1.54, 1.807) is 0 Å². The van der Waals surface area contributed by atoms with Gasteiger partial charge in [0.1, 0.15) is 10.6 Å². The smallest absolute Gasteiger partial charge is 0.346 e. The van der Waals surface area contributed by atoms with Crippen LogP contribution in [0.5, 0.6) is 0 Å². The lowest BCUT2D eigenvalue weighted by atomic mass is 10.1. The van der Waals surface area contributed by atoms with Crippen LogP contribution < -0.4 is 5.63 Å². The minimum atomic E-state index is -0.331. The number of hydrogen-bond donors (Lipinski definition) is 0. The van der Waals surface area contributed by atoms with E-state index in [1.165, 1.54) is 11.3 Å². The van der Waals surface area contributed by atoms with Crippen LogP contribution in [-0.2, 0) is 0 Å². The maximum absolute atomic E-state index is 12.0. The molecular weight excluding hydrogens is 246 g/mol. The van der Waals surface area contributed by atoms with E-state index < -0.39 is 0 Å². The summed E-state index contributed by atoms with van der Waals surface area (Å²) in [4.78, 5) is 16.3. The van der Waals surface area contributed by atoms with Gasteiger partial charge in [-0.3, -0.25) is 0 Å². The first kappa shape index (κ1) is 11.2. The number of aryl methyl sites for hydroxylation is 2. The highest BCUT2D eigenvalue weighted by Crippen LogP contribution is 2.24. The van der Waals surface area contributed by atoms with Crippen LogP contribution in [0.25, 0.3) is 21.5 Å². The zero-order valence-corrected chi connectivity index (χ0v) is 10.9. The van der Waals surface area contributed by atoms with Crippen LogP contribution in [0, 0.1) is 13.8 Å². The molecule has 3 nitrogen and oxygen atoms in total. The largest absolute Gasteiger partial charge is 0.422 e. The topological polar surface area (TPSA) is 43.1 Å². The van der Waals surface area contributed by atoms with Gasteiger partial charge in [0.2, 0.25) is 0 Å². The van der Waals surface area contributed by atoms with Crippen molar-refractivity contribution in [1.29, 1.82) is 0 Å². The van der Waals surface area contributed by atoms with Crippen LogP contribution >= 0.6 is 11.3 Å². The molecule has 0 radical (unpaired) electrons. The predicted octanol–water partition coefficient (Wildman–Crippen LogP) is 3.53. The van der Waals surface area contributed by atoms with Gasteiger partial charge in [0.05, 0.1) is 5.56 Å². The van der Waals surface area contributed by atoms with Crippen LogP contribution in [0.1, 0.15) is 11.3 Å². The van der Waals surface area contributed by atoms with Gasteiger partial charge in [-0.2, -0.15) is 0 Å². The zero-order valence-electron chi connectivity index (χ0n) is 10.1. The average molecular weight is 257 g/mol. The molecule has 0 N–H and O–H groups in total. The highest BCUT2D eigenvalue weighted by Gasteiger charge is 2.10. The van der Waals surface area contributed by atoms with Gasteiger partial charge in [0, 0.05) is 16.5 Å². The van der Waals surface area contributed by atoms with E-state index in [0.717, 1.165) is 16.6 Å². The van der Waals surface area contributed by atoms with Crippen molar-refractivity contribution in [1.82, 2.24) is 4.98 Å². The Balaban J connectivity index is 2.28. The van der Waals surface area contributed by atoms with Gasteiger partial charge in [0.15, 0.2) is 0 Å². The molecule has 0 atom stereocenters. The first-order chi connectivity index (χ1) is 8.63. The molecule has 18 heavy (non-hydrogen) atoms. The van der Waals surface area contributed by atoms with Gasteiger partial charge < -0.3 is 4.42 Å². The third-order valence-electron chi connectivity index (χ3n) is 2.74. The maximum atomic E-state index is 12.0. The molecule has 0 aliphatic carbocycles. The zero-order chi connectivity index (χ0) is 12.7. The number of rotatable bonds is 1. The third kappa shape index (κ3) is 1.84. The van der Waals surface area contributed by atoms with Crippen LogP contribution in [0.4, 0.5) is 0 Å². The summed E-state index contributed by atoms with van der Waals surface area (Å²) in [5.41, 5.74) is 2.81. The van der Waals surface area contributed by atoms with Crippen molar-refractivity contribution in [2.75, 3.05) is 0 Å². The Morgan fingerprint density at radius 3 is 2.78 bits per heavy atom. The van der Waals surface area contributed by atoms with E-state index in [2.05, 4.69) is 4.98 Å². The van der Waals surface area contributed by atoms with Crippen molar-refractivity contribution in [3.8, 4) is 10.6 Å². The molecule has 0 saturated heterocycles. The Hall–Kier alpha value is -1.94. The van der Waals surface area contributed by atoms with E-state index >= 15 is 0 Å². The molecule has 3 aromatic rings. The van der Waals surface area contributed by atoms with Crippen molar-refractivity contribution in [2.45, 2.75) is 13.8 Å². The Morgan fingerprint density at radius 1 is 1.22 bits per heavy atom. The first-order valence-electron chi connectivity index (χ1n) is 5.60. The highest BCUT2D eigenvalue weighted by atomic mass is 32.1. The van der Waals surface area contributed by atoms with E-state index in [1.807, 2.05) is 43.5 Å². The molecular formula is C14H11NO2S. The number of aromatic nitrogens is 1. The standard InChI is InChI=1S/C14H11NO2S/c1-8-3-4-10-6-11(13-15-9(2)7-18-13)14(16)17-12(10)5-8/h3-7H,1-2H3. The molecule has 0 saturated carbocycles. The lowest BCUT2D eigenvalue weighted by molar-refractivity contribution is 0.563. The summed E-state index contributed by atoms with van der Waals surface area (Å²) in [6.07, 6.45) is 0. The number of benzene rings is 1. The normalized spacial score (nSPS) is 11.0. The predicted molar refractivity (Wildman–Crippen MR) is 73.1 cm³/mol. The van der Waals surface area contributed by atoms with Crippen molar-refractivity contribution in [3.05, 3.63) is 51.3 Å². The van der Waals surface area contributed by atoms with Crippen LogP contribution in [-0.4, -0.2) is 4.98 Å². The van der Waals surface area contributed by atoms with Crippen molar-refractivity contribution in [2.24, 2.45) is 0 Å². The molecule has 0 fully saturated rings. The van der Waals surface area contributed by atoms with E-state index in [9.17, 15) is 4.79 Å². The Labute approximate surface area is 108 Å². The van der Waals surface area contributed by atoms with Crippen molar-refractivity contribution in [3.63, 3.8) is 0 Å². The number of hydrogen-bond acceptors (Lipinski definition) is 4. The summed E-state index contributed by atoms with van der Waals surface area (Å²) in [5, 5.41) is 3.56. The van der Waals surface area contributed by atoms with Crippen LogP contribution in [0.15, 0.2) is 38.9 Å². The minimum Gasteiger partial charge on any atom is -0.422 e. The second-order valence-electron chi connectivity index (χ2n) is 4.28. The Kier molecular flexibility index (Phi) is 2.52. The van der Waals surface area contributed by atoms with E-state index in [4.69, 9.17) is 4.42 Å². The molecule has 0 spiro atoms. The van der Waals surface area contributed by atoms with Crippen molar-refractivity contribution < 1.29 is 4.42 Å². The van der Waals surface area contributed by atoms with Crippen LogP contribution in [0.2, 0.25) is 0 Å².